The Morgan fingerprint density at radius 1 is 1.33 bits per heavy atom. The molecule has 1 N–H and O–H groups in total. The lowest BCUT2D eigenvalue weighted by molar-refractivity contribution is -0.389. The van der Waals surface area contributed by atoms with Gasteiger partial charge in [0.1, 0.15) is 11.5 Å². The number of nitrogens with one attached hydrogen (secondary N) is 1. The van der Waals surface area contributed by atoms with Gasteiger partial charge in [-0.2, -0.15) is 4.68 Å². The maximum atomic E-state index is 12.8. The van der Waals surface area contributed by atoms with Crippen LogP contribution in [0.1, 0.15) is 43.6 Å². The highest BCUT2D eigenvalue weighted by molar-refractivity contribution is 5.80. The molecule has 1 aromatic heterocycles. The van der Waals surface area contributed by atoms with Gasteiger partial charge in [-0.1, -0.05) is 6.92 Å². The predicted molar refractivity (Wildman–Crippen MR) is 99.1 cm³/mol. The zero-order chi connectivity index (χ0) is 20.1. The summed E-state index contributed by atoms with van der Waals surface area (Å²) in [6, 6.07) is 5.69. The predicted octanol–water partition coefficient (Wildman–Crippen LogP) is 2.95. The molecule has 146 valence electrons. The summed E-state index contributed by atoms with van der Waals surface area (Å²) >= 11 is 0. The molecule has 2 rings (SSSR count). The van der Waals surface area contributed by atoms with E-state index < -0.39 is 11.0 Å². The number of benzene rings is 1. The summed E-state index contributed by atoms with van der Waals surface area (Å²) in [4.78, 5) is 23.2. The van der Waals surface area contributed by atoms with E-state index in [1.165, 1.54) is 10.7 Å². The Labute approximate surface area is 157 Å². The second-order valence-corrected chi connectivity index (χ2v) is 6.11. The fraction of sp³-hybridized carbons (Fsp3) is 0.444. The Kier molecular flexibility index (Phi) is 6.38. The monoisotopic (exact) mass is 376 g/mol. The molecule has 0 spiro atoms. The third-order valence-corrected chi connectivity index (χ3v) is 4.34. The molecule has 2 atom stereocenters. The number of hydrogen-bond acceptors (Lipinski definition) is 6. The van der Waals surface area contributed by atoms with Crippen molar-refractivity contribution in [3.05, 3.63) is 45.6 Å². The van der Waals surface area contributed by atoms with Crippen molar-refractivity contribution in [1.82, 2.24) is 15.1 Å². The van der Waals surface area contributed by atoms with Gasteiger partial charge in [0.05, 0.1) is 37.1 Å². The number of nitro groups is 1. The Hall–Kier alpha value is -3.10. The van der Waals surface area contributed by atoms with Crippen LogP contribution in [-0.2, 0) is 4.79 Å². The number of ether oxygens (including phenoxy) is 2. The molecule has 0 aliphatic carbocycles. The third-order valence-electron chi connectivity index (χ3n) is 4.34. The van der Waals surface area contributed by atoms with Crippen LogP contribution < -0.4 is 14.8 Å². The van der Waals surface area contributed by atoms with Gasteiger partial charge in [-0.25, -0.2) is 0 Å². The minimum atomic E-state index is -0.655. The van der Waals surface area contributed by atoms with Crippen LogP contribution in [0.5, 0.6) is 11.5 Å². The molecule has 0 fully saturated rings. The van der Waals surface area contributed by atoms with Crippen LogP contribution in [0.4, 0.5) is 5.82 Å². The fourth-order valence-corrected chi connectivity index (χ4v) is 2.91. The number of aromatic nitrogens is 2. The first-order valence-electron chi connectivity index (χ1n) is 8.55. The second-order valence-electron chi connectivity index (χ2n) is 6.11. The Morgan fingerprint density at radius 2 is 2.04 bits per heavy atom. The van der Waals surface area contributed by atoms with Gasteiger partial charge in [0, 0.05) is 5.56 Å². The zero-order valence-electron chi connectivity index (χ0n) is 16.1. The molecular weight excluding hydrogens is 352 g/mol. The Bertz CT molecular complexity index is 833. The smallest absolute Gasteiger partial charge is 0.390 e. The zero-order valence-corrected chi connectivity index (χ0v) is 16.1. The van der Waals surface area contributed by atoms with E-state index in [1.807, 2.05) is 13.8 Å². The van der Waals surface area contributed by atoms with Gasteiger partial charge in [-0.15, -0.1) is 0 Å². The van der Waals surface area contributed by atoms with E-state index in [0.29, 0.717) is 23.6 Å². The summed E-state index contributed by atoms with van der Waals surface area (Å²) in [5, 5.41) is 17.8. The maximum Gasteiger partial charge on any atom is 0.390 e. The van der Waals surface area contributed by atoms with E-state index in [-0.39, 0.29) is 17.8 Å². The summed E-state index contributed by atoms with van der Waals surface area (Å²) in [6.07, 6.45) is 0.438. The summed E-state index contributed by atoms with van der Waals surface area (Å²) in [6.45, 7) is 5.35. The molecule has 0 bridgehead atoms. The van der Waals surface area contributed by atoms with Crippen LogP contribution in [0.2, 0.25) is 0 Å². The highest BCUT2D eigenvalue weighted by atomic mass is 16.6. The van der Waals surface area contributed by atoms with Crippen molar-refractivity contribution < 1.29 is 19.2 Å². The van der Waals surface area contributed by atoms with Crippen LogP contribution in [0.25, 0.3) is 0 Å². The molecule has 0 aliphatic heterocycles. The van der Waals surface area contributed by atoms with Gasteiger partial charge in [0.15, 0.2) is 6.04 Å². The highest BCUT2D eigenvalue weighted by Crippen LogP contribution is 2.30. The largest absolute Gasteiger partial charge is 0.497 e. The summed E-state index contributed by atoms with van der Waals surface area (Å²) < 4.78 is 12.0. The number of nitrogens with zero attached hydrogens (tertiary/aromatic N) is 3. The van der Waals surface area contributed by atoms with Crippen molar-refractivity contribution in [1.29, 1.82) is 0 Å². The van der Waals surface area contributed by atoms with Gasteiger partial charge in [-0.05, 0) is 43.4 Å². The summed E-state index contributed by atoms with van der Waals surface area (Å²) in [5.74, 6) is 0.720. The molecule has 0 saturated carbocycles. The first-order valence-corrected chi connectivity index (χ1v) is 8.55. The lowest BCUT2D eigenvalue weighted by atomic mass is 10.1. The number of rotatable bonds is 8. The van der Waals surface area contributed by atoms with Crippen molar-refractivity contribution in [2.45, 2.75) is 39.3 Å². The topological polar surface area (TPSA) is 109 Å². The van der Waals surface area contributed by atoms with Crippen molar-refractivity contribution >= 4 is 11.7 Å². The number of carbonyl (C=O) groups is 1. The number of aryl methyl sites for hydroxylation is 1. The van der Waals surface area contributed by atoms with Crippen molar-refractivity contribution in [3.8, 4) is 11.5 Å². The van der Waals surface area contributed by atoms with E-state index in [0.717, 1.165) is 5.56 Å². The molecule has 0 radical (unpaired) electrons. The first-order chi connectivity index (χ1) is 12.8. The average Bonchev–Trinajstić information content (AvgIpc) is 3.03. The van der Waals surface area contributed by atoms with E-state index in [2.05, 4.69) is 10.4 Å². The van der Waals surface area contributed by atoms with Crippen LogP contribution in [0, 0.1) is 17.0 Å². The Balaban J connectivity index is 2.25. The van der Waals surface area contributed by atoms with Crippen molar-refractivity contribution in [2.75, 3.05) is 14.2 Å². The molecule has 1 heterocycles. The second kappa shape index (κ2) is 8.52. The minimum Gasteiger partial charge on any atom is -0.497 e. The van der Waals surface area contributed by atoms with E-state index in [9.17, 15) is 14.9 Å². The van der Waals surface area contributed by atoms with Gasteiger partial charge in [0.2, 0.25) is 5.91 Å². The van der Waals surface area contributed by atoms with E-state index in [1.54, 1.807) is 39.3 Å². The standard InChI is InChI=1S/C18H24N4O5/c1-6-15(21-11(2)9-17(20-21)22(24)25)18(23)19-12(3)14-10-13(26-4)7-8-16(14)27-5/h7-10,12,15H,6H2,1-5H3,(H,19,23). The lowest BCUT2D eigenvalue weighted by Gasteiger charge is -2.21. The number of amides is 1. The molecule has 1 amide bonds. The maximum absolute atomic E-state index is 12.8. The van der Waals surface area contributed by atoms with Crippen LogP contribution in [0.3, 0.4) is 0 Å². The molecule has 0 saturated heterocycles. The van der Waals surface area contributed by atoms with Crippen molar-refractivity contribution in [2.24, 2.45) is 0 Å². The van der Waals surface area contributed by atoms with Gasteiger partial charge in [-0.3, -0.25) is 4.79 Å². The first kappa shape index (κ1) is 20.2. The van der Waals surface area contributed by atoms with Gasteiger partial charge >= 0.3 is 5.82 Å². The van der Waals surface area contributed by atoms with Crippen LogP contribution in [-0.4, -0.2) is 34.8 Å². The molecule has 2 unspecified atom stereocenters. The molecule has 0 aliphatic rings. The normalized spacial score (nSPS) is 12.9. The van der Waals surface area contributed by atoms with E-state index >= 15 is 0 Å². The van der Waals surface area contributed by atoms with Crippen LogP contribution in [0.15, 0.2) is 24.3 Å². The molecule has 9 heteroatoms. The van der Waals surface area contributed by atoms with Crippen LogP contribution >= 0.6 is 0 Å². The van der Waals surface area contributed by atoms with Gasteiger partial charge in [0.25, 0.3) is 0 Å². The summed E-state index contributed by atoms with van der Waals surface area (Å²) in [7, 11) is 3.12. The molecule has 2 aromatic rings. The Morgan fingerprint density at radius 3 is 2.56 bits per heavy atom. The summed E-state index contributed by atoms with van der Waals surface area (Å²) in [5.41, 5.74) is 1.32. The molecular formula is C18H24N4O5. The fourth-order valence-electron chi connectivity index (χ4n) is 2.91. The minimum absolute atomic E-state index is 0.277. The van der Waals surface area contributed by atoms with E-state index in [4.69, 9.17) is 9.47 Å². The molecule has 27 heavy (non-hydrogen) atoms. The number of hydrogen-bond donors (Lipinski definition) is 1. The number of carbonyl (C=O) groups excluding carboxylic acids is 1. The van der Waals surface area contributed by atoms with Crippen molar-refractivity contribution in [3.63, 3.8) is 0 Å². The molecule has 1 aromatic carbocycles. The molecule has 9 nitrogen and oxygen atoms in total. The SMILES string of the molecule is CCC(C(=O)NC(C)c1cc(OC)ccc1OC)n1nc([N+](=O)[O-])cc1C. The average molecular weight is 376 g/mol. The third kappa shape index (κ3) is 4.36. The van der Waals surface area contributed by atoms with Gasteiger partial charge < -0.3 is 24.9 Å². The highest BCUT2D eigenvalue weighted by Gasteiger charge is 2.28. The lowest BCUT2D eigenvalue weighted by Crippen LogP contribution is -2.35. The number of methoxy groups -OCH3 is 2. The quantitative estimate of drug-likeness (QED) is 0.560.